The van der Waals surface area contributed by atoms with E-state index in [1.165, 1.54) is 23.3 Å². The molecule has 0 atom stereocenters. The van der Waals surface area contributed by atoms with Crippen LogP contribution in [0.5, 0.6) is 0 Å². The zero-order chi connectivity index (χ0) is 19.2. The molecule has 150 valence electrons. The zero-order valence-corrected chi connectivity index (χ0v) is 17.6. The van der Waals surface area contributed by atoms with Gasteiger partial charge in [-0.15, -0.1) is 12.4 Å². The van der Waals surface area contributed by atoms with Crippen LogP contribution in [-0.4, -0.2) is 31.1 Å². The van der Waals surface area contributed by atoms with E-state index in [4.69, 9.17) is 10.1 Å². The molecule has 2 aromatic carbocycles. The molecule has 1 aliphatic heterocycles. The topological polar surface area (TPSA) is 90.0 Å². The van der Waals surface area contributed by atoms with Gasteiger partial charge in [0.25, 0.3) is 0 Å². The minimum atomic E-state index is -3.69. The fourth-order valence-corrected chi connectivity index (χ4v) is 4.44. The summed E-state index contributed by atoms with van der Waals surface area (Å²) in [6.07, 6.45) is 2.31. The maximum Gasteiger partial charge on any atom is 0.238 e. The highest BCUT2D eigenvalue weighted by molar-refractivity contribution is 7.89. The van der Waals surface area contributed by atoms with Gasteiger partial charge >= 0.3 is 0 Å². The van der Waals surface area contributed by atoms with Gasteiger partial charge in [0.05, 0.1) is 15.9 Å². The van der Waals surface area contributed by atoms with E-state index in [2.05, 4.69) is 28.9 Å². The third kappa shape index (κ3) is 3.80. The number of fused-ring (bicyclic) bond motifs is 1. The minimum Gasteiger partial charge on any atom is -0.327 e. The molecule has 2 heterocycles. The molecule has 3 N–H and O–H groups in total. The van der Waals surface area contributed by atoms with Crippen LogP contribution >= 0.6 is 12.4 Å². The largest absolute Gasteiger partial charge is 0.327 e. The van der Waals surface area contributed by atoms with E-state index in [0.29, 0.717) is 5.92 Å². The molecule has 6 nitrogen and oxygen atoms in total. The van der Waals surface area contributed by atoms with Crippen LogP contribution in [0, 0.1) is 6.92 Å². The van der Waals surface area contributed by atoms with E-state index in [1.807, 2.05) is 7.05 Å². The van der Waals surface area contributed by atoms with Gasteiger partial charge in [-0.05, 0) is 80.2 Å². The molecule has 0 bridgehead atoms. The number of hydrogen-bond acceptors (Lipinski definition) is 4. The van der Waals surface area contributed by atoms with Gasteiger partial charge in [0, 0.05) is 12.6 Å². The number of aromatic nitrogens is 2. The van der Waals surface area contributed by atoms with Crippen LogP contribution in [0.4, 0.5) is 0 Å². The maximum absolute atomic E-state index is 11.5. The van der Waals surface area contributed by atoms with Crippen molar-refractivity contribution in [1.82, 2.24) is 14.9 Å². The first kappa shape index (κ1) is 20.8. The highest BCUT2D eigenvalue weighted by Crippen LogP contribution is 2.32. The highest BCUT2D eigenvalue weighted by Gasteiger charge is 2.19. The van der Waals surface area contributed by atoms with Crippen molar-refractivity contribution in [1.29, 1.82) is 0 Å². The summed E-state index contributed by atoms with van der Waals surface area (Å²) < 4.78 is 25.0. The lowest BCUT2D eigenvalue weighted by Gasteiger charge is -2.23. The summed E-state index contributed by atoms with van der Waals surface area (Å²) in [7, 11) is -1.69. The number of nitrogens with zero attached hydrogens (tertiary/aromatic N) is 2. The van der Waals surface area contributed by atoms with Crippen molar-refractivity contribution in [2.24, 2.45) is 12.2 Å². The molecule has 1 fully saturated rings. The predicted molar refractivity (Wildman–Crippen MR) is 114 cm³/mol. The van der Waals surface area contributed by atoms with E-state index in [9.17, 15) is 8.42 Å². The lowest BCUT2D eigenvalue weighted by molar-refractivity contribution is 0.460. The summed E-state index contributed by atoms with van der Waals surface area (Å²) in [5.74, 6) is 1.40. The molecule has 1 aliphatic rings. The van der Waals surface area contributed by atoms with Gasteiger partial charge in [-0.3, -0.25) is 0 Å². The van der Waals surface area contributed by atoms with E-state index in [1.54, 1.807) is 12.1 Å². The molecule has 0 radical (unpaired) electrons. The summed E-state index contributed by atoms with van der Waals surface area (Å²) in [6, 6.07) is 11.1. The Hall–Kier alpha value is -1.93. The molecule has 3 aromatic rings. The third-order valence-corrected chi connectivity index (χ3v) is 6.38. The highest BCUT2D eigenvalue weighted by atomic mass is 35.5. The number of primary sulfonamides is 1. The standard InChI is InChI=1S/C20H24N4O2S.ClH/c1-13-11-16(14-7-9-22-10-8-14)12-18-19(13)23-20(24(18)2)15-3-5-17(6-4-15)27(21,25)26;/h3-6,11-12,14,22H,7-10H2,1-2H3,(H2,21,25,26);1H. The first-order valence-electron chi connectivity index (χ1n) is 9.15. The van der Waals surface area contributed by atoms with Crippen molar-refractivity contribution in [2.45, 2.75) is 30.6 Å². The number of nitrogens with one attached hydrogen (secondary N) is 1. The van der Waals surface area contributed by atoms with Gasteiger partial charge in [0.2, 0.25) is 10.0 Å². The quantitative estimate of drug-likeness (QED) is 0.681. The van der Waals surface area contributed by atoms with Crippen molar-refractivity contribution in [3.63, 3.8) is 0 Å². The number of nitrogens with two attached hydrogens (primary N) is 1. The average molecular weight is 421 g/mol. The van der Waals surface area contributed by atoms with E-state index in [-0.39, 0.29) is 17.3 Å². The Balaban J connectivity index is 0.00000225. The summed E-state index contributed by atoms with van der Waals surface area (Å²) in [5.41, 5.74) is 5.50. The first-order chi connectivity index (χ1) is 12.8. The Morgan fingerprint density at radius 2 is 1.79 bits per heavy atom. The van der Waals surface area contributed by atoms with Crippen molar-refractivity contribution >= 4 is 33.5 Å². The second-order valence-corrected chi connectivity index (χ2v) is 8.86. The second kappa shape index (κ2) is 7.83. The molecular formula is C20H25ClN4O2S. The first-order valence-corrected chi connectivity index (χ1v) is 10.7. The van der Waals surface area contributed by atoms with Crippen LogP contribution in [0.1, 0.15) is 29.9 Å². The maximum atomic E-state index is 11.5. The monoisotopic (exact) mass is 420 g/mol. The molecule has 1 saturated heterocycles. The summed E-state index contributed by atoms with van der Waals surface area (Å²) >= 11 is 0. The van der Waals surface area contributed by atoms with Gasteiger partial charge in [0.1, 0.15) is 5.82 Å². The van der Waals surface area contributed by atoms with Gasteiger partial charge in [-0.1, -0.05) is 6.07 Å². The summed E-state index contributed by atoms with van der Waals surface area (Å²) in [4.78, 5) is 4.94. The molecular weight excluding hydrogens is 396 g/mol. The Kier molecular flexibility index (Phi) is 5.82. The van der Waals surface area contributed by atoms with E-state index in [0.717, 1.165) is 48.4 Å². The van der Waals surface area contributed by atoms with Crippen LogP contribution in [0.15, 0.2) is 41.3 Å². The molecule has 28 heavy (non-hydrogen) atoms. The molecule has 0 spiro atoms. The number of piperidine rings is 1. The Morgan fingerprint density at radius 1 is 1.14 bits per heavy atom. The summed E-state index contributed by atoms with van der Waals surface area (Å²) in [6.45, 7) is 4.23. The molecule has 0 amide bonds. The van der Waals surface area contributed by atoms with Gasteiger partial charge in [-0.2, -0.15) is 0 Å². The lowest BCUT2D eigenvalue weighted by Crippen LogP contribution is -2.26. The normalized spacial score (nSPS) is 15.5. The van der Waals surface area contributed by atoms with Gasteiger partial charge in [-0.25, -0.2) is 18.5 Å². The SMILES string of the molecule is Cc1cc(C2CCNCC2)cc2c1nc(-c1ccc(S(N)(=O)=O)cc1)n2C.Cl. The van der Waals surface area contributed by atoms with Gasteiger partial charge in [0.15, 0.2) is 0 Å². The number of rotatable bonds is 3. The Labute approximate surface area is 171 Å². The number of hydrogen-bond donors (Lipinski definition) is 2. The van der Waals surface area contributed by atoms with Crippen LogP contribution in [-0.2, 0) is 17.1 Å². The fourth-order valence-electron chi connectivity index (χ4n) is 3.93. The molecule has 0 saturated carbocycles. The van der Waals surface area contributed by atoms with Crippen molar-refractivity contribution < 1.29 is 8.42 Å². The number of imidazole rings is 1. The lowest BCUT2D eigenvalue weighted by atomic mass is 9.89. The minimum absolute atomic E-state index is 0. The summed E-state index contributed by atoms with van der Waals surface area (Å²) in [5, 5.41) is 8.61. The smallest absolute Gasteiger partial charge is 0.238 e. The van der Waals surface area contributed by atoms with Crippen LogP contribution in [0.3, 0.4) is 0 Å². The number of benzene rings is 2. The van der Waals surface area contributed by atoms with Crippen LogP contribution in [0.2, 0.25) is 0 Å². The van der Waals surface area contributed by atoms with E-state index >= 15 is 0 Å². The molecule has 0 aliphatic carbocycles. The predicted octanol–water partition coefficient (Wildman–Crippen LogP) is 3.08. The average Bonchev–Trinajstić information content (AvgIpc) is 2.99. The van der Waals surface area contributed by atoms with Crippen molar-refractivity contribution in [2.75, 3.05) is 13.1 Å². The Morgan fingerprint density at radius 3 is 2.39 bits per heavy atom. The molecule has 8 heteroatoms. The number of aryl methyl sites for hydroxylation is 2. The second-order valence-electron chi connectivity index (χ2n) is 7.29. The Bertz CT molecular complexity index is 1100. The number of halogens is 1. The molecule has 1 aromatic heterocycles. The fraction of sp³-hybridized carbons (Fsp3) is 0.350. The molecule has 4 rings (SSSR count). The third-order valence-electron chi connectivity index (χ3n) is 5.45. The van der Waals surface area contributed by atoms with Crippen molar-refractivity contribution in [3.8, 4) is 11.4 Å². The van der Waals surface area contributed by atoms with Gasteiger partial charge < -0.3 is 9.88 Å². The van der Waals surface area contributed by atoms with Crippen LogP contribution < -0.4 is 10.5 Å². The molecule has 0 unspecified atom stereocenters. The van der Waals surface area contributed by atoms with Crippen LogP contribution in [0.25, 0.3) is 22.4 Å². The van der Waals surface area contributed by atoms with Crippen molar-refractivity contribution in [3.05, 3.63) is 47.5 Å². The number of sulfonamides is 1. The zero-order valence-electron chi connectivity index (χ0n) is 16.0. The van der Waals surface area contributed by atoms with E-state index < -0.39 is 10.0 Å².